The lowest BCUT2D eigenvalue weighted by Gasteiger charge is -2.30. The van der Waals surface area contributed by atoms with Gasteiger partial charge in [-0.15, -0.1) is 0 Å². The molecule has 9 unspecified atom stereocenters. The smallest absolute Gasteiger partial charge is 0.329 e. The number of hydrogen-bond acceptors (Lipinski definition) is 13. The number of nitrogens with one attached hydrogen (secondary N) is 7. The Hall–Kier alpha value is -5.30. The topological polar surface area (TPSA) is 283 Å². The van der Waals surface area contributed by atoms with Gasteiger partial charge in [0.05, 0.1) is 27.1 Å². The second kappa shape index (κ2) is 35.0. The number of methoxy groups -OCH3 is 2. The SMILES string of the molecule is CCC(C)CCCCCCCCC1CC(=O)NC(CCC(=O)OC)C(=O)NC(CC(C)C)C(=O)NC(CC(C)C)C(=O)NC(C(C)C)C(=O)NC(CC(=O)OC)C(=O)NC(CC(C)C)C(=O)NC(C(C)C)C(=O)O1. The average Bonchev–Trinajstić information content (AvgIpc) is 3.31. The van der Waals surface area contributed by atoms with E-state index in [0.29, 0.717) is 12.3 Å². The van der Waals surface area contributed by atoms with E-state index in [4.69, 9.17) is 14.2 Å². The van der Waals surface area contributed by atoms with Crippen LogP contribution < -0.4 is 37.2 Å². The van der Waals surface area contributed by atoms with Crippen molar-refractivity contribution in [1.29, 1.82) is 0 Å². The lowest BCUT2D eigenvalue weighted by molar-refractivity contribution is -0.156. The van der Waals surface area contributed by atoms with Gasteiger partial charge in [-0.3, -0.25) is 43.2 Å². The molecule has 1 heterocycles. The molecule has 0 radical (unpaired) electrons. The van der Waals surface area contributed by atoms with Crippen molar-refractivity contribution < 1.29 is 62.2 Å². The first kappa shape index (κ1) is 66.7. The van der Waals surface area contributed by atoms with Gasteiger partial charge in [-0.2, -0.15) is 0 Å². The molecule has 20 heteroatoms. The van der Waals surface area contributed by atoms with Crippen molar-refractivity contribution in [3.63, 3.8) is 0 Å². The number of cyclic esters (lactones) is 1. The van der Waals surface area contributed by atoms with E-state index >= 15 is 0 Å². The van der Waals surface area contributed by atoms with Crippen molar-refractivity contribution in [2.45, 2.75) is 234 Å². The number of esters is 3. The lowest BCUT2D eigenvalue weighted by Crippen LogP contribution is -2.61. The summed E-state index contributed by atoms with van der Waals surface area (Å²) in [4.78, 5) is 139. The molecule has 0 aromatic heterocycles. The number of rotatable bonds is 23. The molecule has 0 aliphatic carbocycles. The van der Waals surface area contributed by atoms with Crippen molar-refractivity contribution in [2.75, 3.05) is 14.2 Å². The van der Waals surface area contributed by atoms with Gasteiger partial charge in [-0.05, 0) is 74.0 Å². The highest BCUT2D eigenvalue weighted by Crippen LogP contribution is 2.19. The molecule has 1 aliphatic rings. The number of ether oxygens (including phenoxy) is 3. The highest BCUT2D eigenvalue weighted by Gasteiger charge is 2.38. The van der Waals surface area contributed by atoms with Gasteiger partial charge in [0.15, 0.2) is 0 Å². The second-order valence-electron chi connectivity index (χ2n) is 22.1. The zero-order chi connectivity index (χ0) is 56.2. The summed E-state index contributed by atoms with van der Waals surface area (Å²) in [5, 5.41) is 18.9. The number of unbranched alkanes of at least 4 members (excludes halogenated alkanes) is 5. The minimum absolute atomic E-state index is 0.0765. The van der Waals surface area contributed by atoms with E-state index in [-0.39, 0.29) is 62.7 Å². The van der Waals surface area contributed by atoms with E-state index in [0.717, 1.165) is 52.1 Å². The molecule has 0 spiro atoms. The Balaban J connectivity index is 3.98. The maximum absolute atomic E-state index is 14.2. The lowest BCUT2D eigenvalue weighted by atomic mass is 9.98. The van der Waals surface area contributed by atoms with Crippen molar-refractivity contribution >= 4 is 59.3 Å². The van der Waals surface area contributed by atoms with Crippen LogP contribution >= 0.6 is 0 Å². The van der Waals surface area contributed by atoms with Crippen molar-refractivity contribution in [3.05, 3.63) is 0 Å². The molecule has 424 valence electrons. The third-order valence-corrected chi connectivity index (χ3v) is 13.1. The molecule has 0 aromatic rings. The molecule has 1 aliphatic heterocycles. The Kier molecular flexibility index (Phi) is 31.6. The zero-order valence-electron chi connectivity index (χ0n) is 47.2. The van der Waals surface area contributed by atoms with E-state index in [9.17, 15) is 47.9 Å². The molecule has 0 saturated carbocycles. The fraction of sp³-hybridized carbons (Fsp3) is 0.815. The number of carbonyl (C=O) groups is 10. The minimum Gasteiger partial charge on any atom is -0.469 e. The molecular weight excluding hydrogens is 955 g/mol. The second-order valence-corrected chi connectivity index (χ2v) is 22.1. The molecule has 9 atom stereocenters. The maximum atomic E-state index is 14.2. The van der Waals surface area contributed by atoms with Crippen molar-refractivity contribution in [1.82, 2.24) is 37.2 Å². The molecule has 1 fully saturated rings. The summed E-state index contributed by atoms with van der Waals surface area (Å²) in [6.07, 6.45) is 5.86. The van der Waals surface area contributed by atoms with Crippen LogP contribution in [0.3, 0.4) is 0 Å². The van der Waals surface area contributed by atoms with Gasteiger partial charge in [0, 0.05) is 6.42 Å². The van der Waals surface area contributed by atoms with Crippen LogP contribution in [0.1, 0.15) is 186 Å². The molecule has 7 N–H and O–H groups in total. The molecule has 0 aromatic carbocycles. The van der Waals surface area contributed by atoms with Crippen LogP contribution in [-0.2, 0) is 62.2 Å². The summed E-state index contributed by atoms with van der Waals surface area (Å²) in [5.74, 6) is -8.77. The molecule has 7 amide bonds. The third kappa shape index (κ3) is 26.3. The van der Waals surface area contributed by atoms with Gasteiger partial charge in [0.2, 0.25) is 41.4 Å². The fourth-order valence-electron chi connectivity index (χ4n) is 8.50. The summed E-state index contributed by atoms with van der Waals surface area (Å²) in [7, 11) is 2.30. The van der Waals surface area contributed by atoms with Gasteiger partial charge in [0.1, 0.15) is 48.4 Å². The minimum atomic E-state index is -1.59. The first-order chi connectivity index (χ1) is 34.7. The largest absolute Gasteiger partial charge is 0.469 e. The van der Waals surface area contributed by atoms with Crippen LogP contribution in [0.4, 0.5) is 0 Å². The van der Waals surface area contributed by atoms with E-state index in [1.807, 2.05) is 41.5 Å². The first-order valence-electron chi connectivity index (χ1n) is 27.2. The highest BCUT2D eigenvalue weighted by molar-refractivity contribution is 5.98. The number of hydrogen-bond donors (Lipinski definition) is 7. The Bertz CT molecular complexity index is 1820. The average molecular weight is 1050 g/mol. The monoisotopic (exact) mass is 1050 g/mol. The Morgan fingerprint density at radius 1 is 0.500 bits per heavy atom. The van der Waals surface area contributed by atoms with E-state index in [1.165, 1.54) is 7.11 Å². The van der Waals surface area contributed by atoms with Crippen LogP contribution in [0.5, 0.6) is 0 Å². The van der Waals surface area contributed by atoms with Crippen LogP contribution in [0.2, 0.25) is 0 Å². The standard InChI is InChI=1S/C54H95N7O13/c1-15-36(12)22-20-18-16-17-19-21-23-37-29-43(62)55-38(24-25-44(63)72-13)48(65)56-39(26-31(2)3)49(66)57-40(27-32(4)5)51(68)60-46(34(8)9)53(70)59-42(30-45(64)73-14)50(67)58-41(28-33(6)7)52(69)61-47(35(10)11)54(71)74-37/h31-42,46-47H,15-30H2,1-14H3,(H,55,62)(H,56,65)(H,57,66)(H,58,67)(H,59,70)(H,60,68)(H,61,69). The first-order valence-corrected chi connectivity index (χ1v) is 27.2. The van der Waals surface area contributed by atoms with Gasteiger partial charge in [0.25, 0.3) is 0 Å². The zero-order valence-corrected chi connectivity index (χ0v) is 47.2. The molecule has 1 rings (SSSR count). The molecule has 20 nitrogen and oxygen atoms in total. The Morgan fingerprint density at radius 2 is 0.919 bits per heavy atom. The van der Waals surface area contributed by atoms with Crippen molar-refractivity contribution in [2.24, 2.45) is 35.5 Å². The number of carbonyl (C=O) groups excluding carboxylic acids is 10. The predicted octanol–water partition coefficient (Wildman–Crippen LogP) is 4.83. The Morgan fingerprint density at radius 3 is 1.38 bits per heavy atom. The summed E-state index contributed by atoms with van der Waals surface area (Å²) < 4.78 is 15.8. The third-order valence-electron chi connectivity index (χ3n) is 13.1. The van der Waals surface area contributed by atoms with Gasteiger partial charge < -0.3 is 51.4 Å². The van der Waals surface area contributed by atoms with E-state index < -0.39 is 126 Å². The van der Waals surface area contributed by atoms with Crippen LogP contribution in [0.25, 0.3) is 0 Å². The normalized spacial score (nSPS) is 24.1. The van der Waals surface area contributed by atoms with Gasteiger partial charge >= 0.3 is 17.9 Å². The van der Waals surface area contributed by atoms with Crippen LogP contribution in [0, 0.1) is 35.5 Å². The van der Waals surface area contributed by atoms with Crippen molar-refractivity contribution in [3.8, 4) is 0 Å². The predicted molar refractivity (Wildman–Crippen MR) is 280 cm³/mol. The van der Waals surface area contributed by atoms with Gasteiger partial charge in [-0.1, -0.05) is 128 Å². The van der Waals surface area contributed by atoms with Crippen LogP contribution in [-0.4, -0.2) is 122 Å². The highest BCUT2D eigenvalue weighted by atomic mass is 16.5. The fourth-order valence-corrected chi connectivity index (χ4v) is 8.50. The maximum Gasteiger partial charge on any atom is 0.329 e. The summed E-state index contributed by atoms with van der Waals surface area (Å²) in [5.41, 5.74) is 0. The summed E-state index contributed by atoms with van der Waals surface area (Å²) in [6.45, 7) is 22.1. The quantitative estimate of drug-likeness (QED) is 0.0411. The summed E-state index contributed by atoms with van der Waals surface area (Å²) in [6, 6.07) is -9.24. The molecule has 1 saturated heterocycles. The van der Waals surface area contributed by atoms with E-state index in [1.54, 1.807) is 27.7 Å². The Labute approximate surface area is 441 Å². The molecule has 74 heavy (non-hydrogen) atoms. The number of amides is 7. The van der Waals surface area contributed by atoms with E-state index in [2.05, 4.69) is 51.1 Å². The van der Waals surface area contributed by atoms with Crippen LogP contribution in [0.15, 0.2) is 0 Å². The molecular formula is C54H95N7O13. The molecule has 0 bridgehead atoms. The summed E-state index contributed by atoms with van der Waals surface area (Å²) >= 11 is 0. The van der Waals surface area contributed by atoms with Gasteiger partial charge in [-0.25, -0.2) is 4.79 Å².